The van der Waals surface area contributed by atoms with Crippen LogP contribution in [0.2, 0.25) is 0 Å². The van der Waals surface area contributed by atoms with E-state index in [0.717, 1.165) is 37.7 Å². The molecule has 1 aromatic carbocycles. The second kappa shape index (κ2) is 7.84. The minimum Gasteiger partial charge on any atom is -0.446 e. The van der Waals surface area contributed by atoms with Gasteiger partial charge in [-0.05, 0) is 74.8 Å². The molecule has 4 N–H and O–H groups in total. The number of carbonyl (C=O) groups excluding carboxylic acids is 1. The average molecular weight is 432 g/mol. The molecular weight excluding hydrogens is 406 g/mol. The molecule has 0 radical (unpaired) electrons. The van der Waals surface area contributed by atoms with Crippen LogP contribution in [0.15, 0.2) is 41.6 Å². The molecule has 0 aliphatic heterocycles. The highest BCUT2D eigenvalue weighted by Crippen LogP contribution is 2.37. The van der Waals surface area contributed by atoms with Gasteiger partial charge in [0.2, 0.25) is 16.0 Å². The summed E-state index contributed by atoms with van der Waals surface area (Å²) in [6, 6.07) is 6.04. The fourth-order valence-electron chi connectivity index (χ4n) is 3.56. The molecule has 4 rings (SSSR count). The van der Waals surface area contributed by atoms with E-state index in [4.69, 9.17) is 9.88 Å². The minimum atomic E-state index is -3.72. The van der Waals surface area contributed by atoms with E-state index in [2.05, 4.69) is 20.6 Å². The Morgan fingerprint density at radius 2 is 1.83 bits per heavy atom. The summed E-state index contributed by atoms with van der Waals surface area (Å²) in [5.41, 5.74) is 1.58. The topological polar surface area (TPSA) is 136 Å². The van der Waals surface area contributed by atoms with Crippen LogP contribution in [0.3, 0.4) is 0 Å². The quantitative estimate of drug-likeness (QED) is 0.640. The van der Waals surface area contributed by atoms with Crippen molar-refractivity contribution in [2.24, 2.45) is 5.14 Å². The van der Waals surface area contributed by atoms with E-state index in [1.807, 2.05) is 6.92 Å². The molecule has 2 atom stereocenters. The highest BCUT2D eigenvalue weighted by atomic mass is 32.2. The Balaban J connectivity index is 1.31. The van der Waals surface area contributed by atoms with Crippen LogP contribution < -0.4 is 15.8 Å². The van der Waals surface area contributed by atoms with Crippen LogP contribution in [0, 0.1) is 0 Å². The molecular formula is C20H25N5O4S. The number of alkyl carbamates (subject to hydrolysis) is 1. The molecule has 2 fully saturated rings. The molecule has 2 aliphatic rings. The van der Waals surface area contributed by atoms with Crippen LogP contribution in [0.5, 0.6) is 0 Å². The second-order valence-electron chi connectivity index (χ2n) is 8.26. The first kappa shape index (κ1) is 20.5. The van der Waals surface area contributed by atoms with Gasteiger partial charge in [-0.15, -0.1) is 0 Å². The molecule has 1 amide bonds. The van der Waals surface area contributed by atoms with Gasteiger partial charge in [-0.25, -0.2) is 28.3 Å². The number of rotatable bonds is 6. The van der Waals surface area contributed by atoms with Crippen LogP contribution >= 0.6 is 0 Å². The number of nitrogens with zero attached hydrogens (tertiary/aromatic N) is 2. The van der Waals surface area contributed by atoms with Crippen molar-refractivity contribution in [2.45, 2.75) is 61.5 Å². The summed E-state index contributed by atoms with van der Waals surface area (Å²) in [6.07, 6.45) is 7.63. The SMILES string of the molecule is CC1(NC(=O)OC2CCC(c3cnc(Nc4ccc(S(N)(=O)=O)cc4)nc3)C2)CC1. The van der Waals surface area contributed by atoms with Gasteiger partial charge in [0, 0.05) is 23.6 Å². The number of primary sulfonamides is 1. The lowest BCUT2D eigenvalue weighted by molar-refractivity contribution is 0.0967. The number of sulfonamides is 1. The van der Waals surface area contributed by atoms with Gasteiger partial charge in [0.1, 0.15) is 6.10 Å². The van der Waals surface area contributed by atoms with Gasteiger partial charge in [0.05, 0.1) is 4.90 Å². The predicted molar refractivity (Wildman–Crippen MR) is 111 cm³/mol. The first-order chi connectivity index (χ1) is 14.2. The van der Waals surface area contributed by atoms with Crippen LogP contribution in [-0.2, 0) is 14.8 Å². The third-order valence-corrected chi connectivity index (χ3v) is 6.57. The number of benzene rings is 1. The number of hydrogen-bond acceptors (Lipinski definition) is 7. The molecule has 2 saturated carbocycles. The van der Waals surface area contributed by atoms with Crippen LogP contribution in [0.4, 0.5) is 16.4 Å². The van der Waals surface area contributed by atoms with Crippen molar-refractivity contribution in [1.82, 2.24) is 15.3 Å². The van der Waals surface area contributed by atoms with Gasteiger partial charge in [-0.2, -0.15) is 0 Å². The Kier molecular flexibility index (Phi) is 5.37. The summed E-state index contributed by atoms with van der Waals surface area (Å²) in [4.78, 5) is 20.7. The van der Waals surface area contributed by atoms with Gasteiger partial charge in [-0.1, -0.05) is 0 Å². The van der Waals surface area contributed by atoms with E-state index in [9.17, 15) is 13.2 Å². The third kappa shape index (κ3) is 5.06. The maximum Gasteiger partial charge on any atom is 0.407 e. The van der Waals surface area contributed by atoms with Crippen molar-refractivity contribution in [1.29, 1.82) is 0 Å². The summed E-state index contributed by atoms with van der Waals surface area (Å²) in [5.74, 6) is 0.660. The molecule has 9 nitrogen and oxygen atoms in total. The zero-order valence-electron chi connectivity index (χ0n) is 16.7. The molecule has 2 aromatic rings. The lowest BCUT2D eigenvalue weighted by Crippen LogP contribution is -2.36. The van der Waals surface area contributed by atoms with E-state index >= 15 is 0 Å². The van der Waals surface area contributed by atoms with Crippen molar-refractivity contribution in [3.63, 3.8) is 0 Å². The number of amides is 1. The Labute approximate surface area is 175 Å². The van der Waals surface area contributed by atoms with Crippen molar-refractivity contribution >= 4 is 27.8 Å². The summed E-state index contributed by atoms with van der Waals surface area (Å²) < 4.78 is 28.2. The fourth-order valence-corrected chi connectivity index (χ4v) is 4.08. The number of hydrogen-bond donors (Lipinski definition) is 3. The first-order valence-corrected chi connectivity index (χ1v) is 11.5. The molecule has 160 valence electrons. The zero-order chi connectivity index (χ0) is 21.4. The van der Waals surface area contributed by atoms with Gasteiger partial charge < -0.3 is 15.4 Å². The highest BCUT2D eigenvalue weighted by molar-refractivity contribution is 7.89. The molecule has 2 aliphatic carbocycles. The Bertz CT molecular complexity index is 1020. The molecule has 0 bridgehead atoms. The van der Waals surface area contributed by atoms with E-state index in [0.29, 0.717) is 11.6 Å². The summed E-state index contributed by atoms with van der Waals surface area (Å²) >= 11 is 0. The van der Waals surface area contributed by atoms with Crippen LogP contribution in [0.1, 0.15) is 50.5 Å². The van der Waals surface area contributed by atoms with E-state index < -0.39 is 10.0 Å². The van der Waals surface area contributed by atoms with Gasteiger partial charge >= 0.3 is 6.09 Å². The molecule has 2 unspecified atom stereocenters. The summed E-state index contributed by atoms with van der Waals surface area (Å²) in [5, 5.41) is 11.0. The van der Waals surface area contributed by atoms with E-state index in [1.165, 1.54) is 12.1 Å². The Morgan fingerprint density at radius 1 is 1.17 bits per heavy atom. The van der Waals surface area contributed by atoms with Gasteiger partial charge in [0.15, 0.2) is 0 Å². The summed E-state index contributed by atoms with van der Waals surface area (Å²) in [7, 11) is -3.72. The van der Waals surface area contributed by atoms with Crippen molar-refractivity contribution in [3.8, 4) is 0 Å². The number of anilines is 2. The van der Waals surface area contributed by atoms with Gasteiger partial charge in [-0.3, -0.25) is 0 Å². The van der Waals surface area contributed by atoms with Gasteiger partial charge in [0.25, 0.3) is 0 Å². The zero-order valence-corrected chi connectivity index (χ0v) is 17.5. The molecule has 1 heterocycles. The van der Waals surface area contributed by atoms with Crippen LogP contribution in [-0.4, -0.2) is 36.1 Å². The smallest absolute Gasteiger partial charge is 0.407 e. The fraction of sp³-hybridized carbons (Fsp3) is 0.450. The lowest BCUT2D eigenvalue weighted by Gasteiger charge is -2.16. The van der Waals surface area contributed by atoms with E-state index in [1.54, 1.807) is 24.5 Å². The minimum absolute atomic E-state index is 0.0437. The molecule has 10 heteroatoms. The number of nitrogens with two attached hydrogens (primary N) is 1. The maximum atomic E-state index is 12.0. The number of carbonyl (C=O) groups is 1. The van der Waals surface area contributed by atoms with Crippen molar-refractivity contribution < 1.29 is 17.9 Å². The number of aromatic nitrogens is 2. The second-order valence-corrected chi connectivity index (χ2v) is 9.82. The number of nitrogens with one attached hydrogen (secondary N) is 2. The Hall–Kier alpha value is -2.72. The molecule has 0 spiro atoms. The molecule has 1 aromatic heterocycles. The number of ether oxygens (including phenoxy) is 1. The average Bonchev–Trinajstić information content (AvgIpc) is 3.22. The van der Waals surface area contributed by atoms with Crippen LogP contribution in [0.25, 0.3) is 0 Å². The van der Waals surface area contributed by atoms with Crippen molar-refractivity contribution in [3.05, 3.63) is 42.2 Å². The largest absolute Gasteiger partial charge is 0.446 e. The monoisotopic (exact) mass is 431 g/mol. The maximum absolute atomic E-state index is 12.0. The lowest BCUT2D eigenvalue weighted by atomic mass is 10.0. The Morgan fingerprint density at radius 3 is 2.43 bits per heavy atom. The third-order valence-electron chi connectivity index (χ3n) is 5.64. The molecule has 30 heavy (non-hydrogen) atoms. The predicted octanol–water partition coefficient (Wildman–Crippen LogP) is 2.78. The summed E-state index contributed by atoms with van der Waals surface area (Å²) in [6.45, 7) is 2.02. The highest BCUT2D eigenvalue weighted by Gasteiger charge is 2.40. The standard InChI is InChI=1S/C20H25N5O4S/c1-20(8-9-20)25-19(26)29-16-5-2-13(10-16)14-11-22-18(23-12-14)24-15-3-6-17(7-4-15)30(21,27)28/h3-4,6-7,11-13,16H,2,5,8-10H2,1H3,(H,25,26)(H2,21,27,28)(H,22,23,24). The van der Waals surface area contributed by atoms with E-state index in [-0.39, 0.29) is 28.5 Å². The first-order valence-electron chi connectivity index (χ1n) is 9.91. The normalized spacial score (nSPS) is 22.3. The van der Waals surface area contributed by atoms with Crippen molar-refractivity contribution in [2.75, 3.05) is 5.32 Å². The molecule has 0 saturated heterocycles.